The van der Waals surface area contributed by atoms with E-state index < -0.39 is 6.10 Å². The van der Waals surface area contributed by atoms with Crippen LogP contribution in [0.4, 0.5) is 0 Å². The number of unbranched alkanes of at least 4 members (excludes halogenated alkanes) is 23. The van der Waals surface area contributed by atoms with Gasteiger partial charge in [-0.3, -0.25) is 14.4 Å². The minimum atomic E-state index is -0.788. The summed E-state index contributed by atoms with van der Waals surface area (Å²) in [4.78, 5) is 37.9. The second-order valence-electron chi connectivity index (χ2n) is 17.1. The van der Waals surface area contributed by atoms with Gasteiger partial charge >= 0.3 is 17.9 Å². The molecule has 0 saturated carbocycles. The summed E-state index contributed by atoms with van der Waals surface area (Å²) in [6.07, 6.45) is 63.2. The van der Waals surface area contributed by atoms with Crippen molar-refractivity contribution in [1.29, 1.82) is 0 Å². The number of carbonyl (C=O) groups is 3. The van der Waals surface area contributed by atoms with Crippen LogP contribution in [0.5, 0.6) is 0 Å². The highest BCUT2D eigenvalue weighted by Gasteiger charge is 2.19. The van der Waals surface area contributed by atoms with Gasteiger partial charge in [0.1, 0.15) is 13.2 Å². The zero-order valence-corrected chi connectivity index (χ0v) is 40.6. The summed E-state index contributed by atoms with van der Waals surface area (Å²) in [7, 11) is 0. The molecule has 0 spiro atoms. The predicted molar refractivity (Wildman–Crippen MR) is 265 cm³/mol. The fraction of sp³-hybridized carbons (Fsp3) is 0.732. The third kappa shape index (κ3) is 47.9. The van der Waals surface area contributed by atoms with Crippen molar-refractivity contribution in [3.8, 4) is 0 Å². The summed E-state index contributed by atoms with van der Waals surface area (Å²) in [5.41, 5.74) is 0. The standard InChI is InChI=1S/C56H96O6/c1-4-7-10-13-16-19-21-23-25-26-27-28-29-30-31-33-34-37-40-43-46-49-55(58)61-52-53(51-60-54(57)48-45-42-39-36-18-15-12-9-6-3)62-56(59)50-47-44-41-38-35-32-24-22-20-17-14-11-8-5-2/h7,10,16,19,23,25,27-28,30-31,34,37,53H,4-6,8-9,11-15,17-18,20-22,24,26,29,32-33,35-36,38-52H2,1-3H3/b10-7-,19-16-,25-23-,28-27-,31-30-,37-34-. The molecule has 0 aliphatic rings. The molecule has 0 rings (SSSR count). The Morgan fingerprint density at radius 1 is 0.339 bits per heavy atom. The van der Waals surface area contributed by atoms with E-state index in [1.165, 1.54) is 109 Å². The maximum Gasteiger partial charge on any atom is 0.306 e. The molecule has 0 amide bonds. The van der Waals surface area contributed by atoms with Gasteiger partial charge in [0.05, 0.1) is 0 Å². The van der Waals surface area contributed by atoms with E-state index in [0.717, 1.165) is 96.3 Å². The molecular formula is C56H96O6. The van der Waals surface area contributed by atoms with Crippen LogP contribution in [-0.2, 0) is 28.6 Å². The van der Waals surface area contributed by atoms with Crippen LogP contribution in [0.15, 0.2) is 72.9 Å². The Hall–Kier alpha value is -3.15. The van der Waals surface area contributed by atoms with Crippen molar-refractivity contribution < 1.29 is 28.6 Å². The molecule has 0 bridgehead atoms. The number of rotatable bonds is 46. The zero-order chi connectivity index (χ0) is 45.1. The van der Waals surface area contributed by atoms with Gasteiger partial charge in [-0.15, -0.1) is 0 Å². The molecule has 62 heavy (non-hydrogen) atoms. The number of esters is 3. The van der Waals surface area contributed by atoms with E-state index in [-0.39, 0.29) is 31.1 Å². The lowest BCUT2D eigenvalue weighted by Gasteiger charge is -2.18. The quantitative estimate of drug-likeness (QED) is 0.0262. The summed E-state index contributed by atoms with van der Waals surface area (Å²) in [6, 6.07) is 0. The van der Waals surface area contributed by atoms with E-state index in [2.05, 4.69) is 93.7 Å². The lowest BCUT2D eigenvalue weighted by Crippen LogP contribution is -2.30. The molecule has 6 heteroatoms. The van der Waals surface area contributed by atoms with E-state index in [1.54, 1.807) is 0 Å². The molecule has 0 heterocycles. The molecule has 0 fully saturated rings. The first-order valence-corrected chi connectivity index (χ1v) is 25.9. The number of carbonyl (C=O) groups excluding carboxylic acids is 3. The molecule has 0 N–H and O–H groups in total. The summed E-state index contributed by atoms with van der Waals surface area (Å²) >= 11 is 0. The average Bonchev–Trinajstić information content (AvgIpc) is 3.27. The first-order chi connectivity index (χ1) is 30.5. The molecule has 0 radical (unpaired) electrons. The number of hydrogen-bond acceptors (Lipinski definition) is 6. The normalized spacial score (nSPS) is 12.6. The van der Waals surface area contributed by atoms with Crippen molar-refractivity contribution in [2.45, 2.75) is 252 Å². The van der Waals surface area contributed by atoms with Crippen molar-refractivity contribution >= 4 is 17.9 Å². The Bertz CT molecular complexity index is 1180. The van der Waals surface area contributed by atoms with E-state index >= 15 is 0 Å². The van der Waals surface area contributed by atoms with Crippen LogP contribution < -0.4 is 0 Å². The van der Waals surface area contributed by atoms with Gasteiger partial charge in [0.15, 0.2) is 6.10 Å². The minimum absolute atomic E-state index is 0.0866. The van der Waals surface area contributed by atoms with Crippen molar-refractivity contribution in [3.63, 3.8) is 0 Å². The maximum atomic E-state index is 12.8. The van der Waals surface area contributed by atoms with Crippen LogP contribution in [0.1, 0.15) is 245 Å². The monoisotopic (exact) mass is 865 g/mol. The lowest BCUT2D eigenvalue weighted by atomic mass is 10.0. The maximum absolute atomic E-state index is 12.8. The van der Waals surface area contributed by atoms with Crippen molar-refractivity contribution in [1.82, 2.24) is 0 Å². The summed E-state index contributed by atoms with van der Waals surface area (Å²) in [6.45, 7) is 6.47. The van der Waals surface area contributed by atoms with Gasteiger partial charge in [-0.05, 0) is 70.6 Å². The van der Waals surface area contributed by atoms with Crippen molar-refractivity contribution in [2.75, 3.05) is 13.2 Å². The molecule has 6 nitrogen and oxygen atoms in total. The molecule has 1 atom stereocenters. The number of ether oxygens (including phenoxy) is 3. The van der Waals surface area contributed by atoms with Gasteiger partial charge < -0.3 is 14.2 Å². The van der Waals surface area contributed by atoms with E-state index in [4.69, 9.17) is 14.2 Å². The lowest BCUT2D eigenvalue weighted by molar-refractivity contribution is -0.167. The van der Waals surface area contributed by atoms with Crippen LogP contribution in [0.2, 0.25) is 0 Å². The third-order valence-corrected chi connectivity index (χ3v) is 11.0. The topological polar surface area (TPSA) is 78.9 Å². The van der Waals surface area contributed by atoms with Crippen LogP contribution in [0, 0.1) is 0 Å². The third-order valence-electron chi connectivity index (χ3n) is 11.0. The van der Waals surface area contributed by atoms with E-state index in [1.807, 2.05) is 0 Å². The smallest absolute Gasteiger partial charge is 0.306 e. The SMILES string of the molecule is CC/C=C\C/C=C\C/C=C\C/C=C\C/C=C\C/C=C\CCCCC(=O)OCC(COC(=O)CCCCCCCCCCC)OC(=O)CCCCCCCCCCCCCCCC. The molecule has 0 aromatic heterocycles. The minimum Gasteiger partial charge on any atom is -0.462 e. The predicted octanol–water partition coefficient (Wildman–Crippen LogP) is 17.0. The zero-order valence-electron chi connectivity index (χ0n) is 40.6. The molecule has 356 valence electrons. The molecule has 0 aromatic carbocycles. The molecular weight excluding hydrogens is 769 g/mol. The highest BCUT2D eigenvalue weighted by Crippen LogP contribution is 2.15. The van der Waals surface area contributed by atoms with E-state index in [9.17, 15) is 14.4 Å². The Morgan fingerprint density at radius 2 is 0.629 bits per heavy atom. The van der Waals surface area contributed by atoms with Gasteiger partial charge in [-0.25, -0.2) is 0 Å². The van der Waals surface area contributed by atoms with Gasteiger partial charge in [-0.2, -0.15) is 0 Å². The highest BCUT2D eigenvalue weighted by atomic mass is 16.6. The largest absolute Gasteiger partial charge is 0.462 e. The summed E-state index contributed by atoms with van der Waals surface area (Å²) < 4.78 is 16.7. The van der Waals surface area contributed by atoms with E-state index in [0.29, 0.717) is 19.3 Å². The molecule has 0 aromatic rings. The molecule has 0 aliphatic heterocycles. The van der Waals surface area contributed by atoms with Crippen LogP contribution in [0.25, 0.3) is 0 Å². The summed E-state index contributed by atoms with van der Waals surface area (Å²) in [5.74, 6) is -0.931. The van der Waals surface area contributed by atoms with Gasteiger partial charge in [0, 0.05) is 19.3 Å². The highest BCUT2D eigenvalue weighted by molar-refractivity contribution is 5.71. The molecule has 0 saturated heterocycles. The Balaban J connectivity index is 4.38. The van der Waals surface area contributed by atoms with Crippen molar-refractivity contribution in [3.05, 3.63) is 72.9 Å². The molecule has 1 unspecified atom stereocenters. The van der Waals surface area contributed by atoms with Gasteiger partial charge in [0.2, 0.25) is 0 Å². The first kappa shape index (κ1) is 58.9. The van der Waals surface area contributed by atoms with Gasteiger partial charge in [0.25, 0.3) is 0 Å². The second-order valence-corrected chi connectivity index (χ2v) is 17.1. The van der Waals surface area contributed by atoms with Crippen molar-refractivity contribution in [2.24, 2.45) is 0 Å². The van der Waals surface area contributed by atoms with Crippen LogP contribution in [0.3, 0.4) is 0 Å². The average molecular weight is 865 g/mol. The molecule has 0 aliphatic carbocycles. The fourth-order valence-corrected chi connectivity index (χ4v) is 7.09. The number of hydrogen-bond donors (Lipinski definition) is 0. The van der Waals surface area contributed by atoms with Crippen LogP contribution >= 0.6 is 0 Å². The first-order valence-electron chi connectivity index (χ1n) is 25.9. The summed E-state index contributed by atoms with van der Waals surface area (Å²) in [5, 5.41) is 0. The Morgan fingerprint density at radius 3 is 0.984 bits per heavy atom. The van der Waals surface area contributed by atoms with Crippen LogP contribution in [-0.4, -0.2) is 37.2 Å². The Kier molecular flexibility index (Phi) is 47.9. The second kappa shape index (κ2) is 50.5. The van der Waals surface area contributed by atoms with Gasteiger partial charge in [-0.1, -0.05) is 229 Å². The fourth-order valence-electron chi connectivity index (χ4n) is 7.09. The number of allylic oxidation sites excluding steroid dienone is 12. The Labute approximate surface area is 382 Å².